The molecule has 0 fully saturated rings. The molecule has 1 heterocycles. The van der Waals surface area contributed by atoms with Gasteiger partial charge in [-0.25, -0.2) is 4.68 Å². The van der Waals surface area contributed by atoms with Gasteiger partial charge < -0.3 is 14.9 Å². The van der Waals surface area contributed by atoms with Gasteiger partial charge in [0, 0.05) is 5.56 Å². The Labute approximate surface area is 116 Å². The minimum Gasteiger partial charge on any atom is -0.508 e. The van der Waals surface area contributed by atoms with Crippen LogP contribution in [0.3, 0.4) is 0 Å². The first-order chi connectivity index (χ1) is 9.56. The molecule has 0 amide bonds. The molecule has 0 saturated heterocycles. The van der Waals surface area contributed by atoms with E-state index < -0.39 is 5.97 Å². The Morgan fingerprint density at radius 3 is 2.50 bits per heavy atom. The number of aromatic nitrogens is 2. The van der Waals surface area contributed by atoms with E-state index in [4.69, 9.17) is 9.84 Å². The molecule has 0 saturated carbocycles. The van der Waals surface area contributed by atoms with E-state index in [2.05, 4.69) is 5.10 Å². The first-order valence-corrected chi connectivity index (χ1v) is 6.22. The Balaban J connectivity index is 2.55. The average molecular weight is 276 g/mol. The minimum absolute atomic E-state index is 0.134. The largest absolute Gasteiger partial charge is 0.508 e. The van der Waals surface area contributed by atoms with E-state index in [1.54, 1.807) is 28.9 Å². The van der Waals surface area contributed by atoms with Crippen molar-refractivity contribution in [1.29, 1.82) is 0 Å². The normalized spacial score (nSPS) is 10.5. The van der Waals surface area contributed by atoms with Crippen LogP contribution in [0.2, 0.25) is 0 Å². The zero-order valence-corrected chi connectivity index (χ0v) is 11.3. The topological polar surface area (TPSA) is 84.6 Å². The number of rotatable bonds is 5. The number of aromatic hydroxyl groups is 1. The van der Waals surface area contributed by atoms with Crippen molar-refractivity contribution in [2.45, 2.75) is 19.8 Å². The maximum Gasteiger partial charge on any atom is 0.308 e. The third-order valence-electron chi connectivity index (χ3n) is 2.97. The monoisotopic (exact) mass is 276 g/mol. The summed E-state index contributed by atoms with van der Waals surface area (Å²) in [4.78, 5) is 11.0. The second kappa shape index (κ2) is 5.64. The summed E-state index contributed by atoms with van der Waals surface area (Å²) in [5.41, 5.74) is 1.97. The first-order valence-electron chi connectivity index (χ1n) is 6.22. The quantitative estimate of drug-likeness (QED) is 0.869. The second-order valence-corrected chi connectivity index (χ2v) is 4.29. The van der Waals surface area contributed by atoms with Crippen LogP contribution >= 0.6 is 0 Å². The van der Waals surface area contributed by atoms with Gasteiger partial charge >= 0.3 is 5.97 Å². The second-order valence-electron chi connectivity index (χ2n) is 4.29. The Hall–Kier alpha value is -2.50. The maximum atomic E-state index is 11.0. The van der Waals surface area contributed by atoms with Crippen molar-refractivity contribution >= 4 is 5.97 Å². The van der Waals surface area contributed by atoms with Crippen LogP contribution in [0, 0.1) is 0 Å². The van der Waals surface area contributed by atoms with E-state index in [1.807, 2.05) is 6.92 Å². The van der Waals surface area contributed by atoms with Gasteiger partial charge in [-0.05, 0) is 30.7 Å². The lowest BCUT2D eigenvalue weighted by Gasteiger charge is -2.07. The third-order valence-corrected chi connectivity index (χ3v) is 2.97. The summed E-state index contributed by atoms with van der Waals surface area (Å²) < 4.78 is 6.87. The maximum absolute atomic E-state index is 11.0. The number of phenolic OH excluding ortho intramolecular Hbond substituents is 1. The summed E-state index contributed by atoms with van der Waals surface area (Å²) in [5.74, 6) is -0.362. The molecule has 0 aliphatic rings. The molecule has 0 unspecified atom stereocenters. The van der Waals surface area contributed by atoms with Gasteiger partial charge in [0.05, 0.1) is 24.9 Å². The van der Waals surface area contributed by atoms with E-state index in [-0.39, 0.29) is 12.2 Å². The van der Waals surface area contributed by atoms with Gasteiger partial charge in [0.25, 0.3) is 0 Å². The fraction of sp³-hybridized carbons (Fsp3) is 0.286. The Morgan fingerprint density at radius 2 is 2.00 bits per heavy atom. The molecule has 1 aromatic carbocycles. The predicted octanol–water partition coefficient (Wildman–Crippen LogP) is 1.78. The SMILES string of the molecule is CCc1nn(-c2ccc(O)cc2)c(OC)c1CC(=O)O. The number of benzene rings is 1. The van der Waals surface area contributed by atoms with Crippen molar-refractivity contribution in [1.82, 2.24) is 9.78 Å². The fourth-order valence-electron chi connectivity index (χ4n) is 2.07. The molecule has 0 spiro atoms. The molecule has 6 heteroatoms. The number of carboxylic acid groups (broad SMARTS) is 1. The van der Waals surface area contributed by atoms with Crippen LogP contribution in [-0.2, 0) is 17.6 Å². The van der Waals surface area contributed by atoms with E-state index in [0.717, 1.165) is 0 Å². The highest BCUT2D eigenvalue weighted by Gasteiger charge is 2.20. The number of methoxy groups -OCH3 is 1. The fourth-order valence-corrected chi connectivity index (χ4v) is 2.07. The van der Waals surface area contributed by atoms with Gasteiger partial charge in [0.2, 0.25) is 5.88 Å². The lowest BCUT2D eigenvalue weighted by atomic mass is 10.1. The number of carbonyl (C=O) groups is 1. The van der Waals surface area contributed by atoms with Crippen LogP contribution in [-0.4, -0.2) is 33.1 Å². The third kappa shape index (κ3) is 2.59. The molecule has 0 bridgehead atoms. The molecule has 0 aliphatic carbocycles. The first kappa shape index (κ1) is 13.9. The van der Waals surface area contributed by atoms with Crippen molar-refractivity contribution in [3.8, 4) is 17.3 Å². The number of nitrogens with zero attached hydrogens (tertiary/aromatic N) is 2. The van der Waals surface area contributed by atoms with Crippen LogP contribution in [0.1, 0.15) is 18.2 Å². The predicted molar refractivity (Wildman–Crippen MR) is 72.5 cm³/mol. The van der Waals surface area contributed by atoms with E-state index in [9.17, 15) is 9.90 Å². The number of aliphatic carboxylic acids is 1. The molecule has 0 atom stereocenters. The molecule has 0 radical (unpaired) electrons. The Kier molecular flexibility index (Phi) is 3.93. The minimum atomic E-state index is -0.928. The Bertz CT molecular complexity index is 617. The summed E-state index contributed by atoms with van der Waals surface area (Å²) in [6.45, 7) is 1.91. The zero-order valence-electron chi connectivity index (χ0n) is 11.3. The lowest BCUT2D eigenvalue weighted by molar-refractivity contribution is -0.136. The zero-order chi connectivity index (χ0) is 14.7. The molecule has 0 aliphatic heterocycles. The lowest BCUT2D eigenvalue weighted by Crippen LogP contribution is -2.04. The summed E-state index contributed by atoms with van der Waals surface area (Å²) in [7, 11) is 1.48. The molecule has 1 aromatic heterocycles. The van der Waals surface area contributed by atoms with Gasteiger partial charge in [-0.15, -0.1) is 0 Å². The molecule has 2 aromatic rings. The highest BCUT2D eigenvalue weighted by molar-refractivity contribution is 5.71. The van der Waals surface area contributed by atoms with Crippen molar-refractivity contribution < 1.29 is 19.7 Å². The van der Waals surface area contributed by atoms with Crippen molar-refractivity contribution in [2.75, 3.05) is 7.11 Å². The summed E-state index contributed by atoms with van der Waals surface area (Å²) >= 11 is 0. The summed E-state index contributed by atoms with van der Waals surface area (Å²) in [6, 6.07) is 6.46. The molecule has 20 heavy (non-hydrogen) atoms. The standard InChI is InChI=1S/C14H16N2O4/c1-3-12-11(8-13(18)19)14(20-2)16(15-12)9-4-6-10(17)7-5-9/h4-7,17H,3,8H2,1-2H3,(H,18,19). The van der Waals surface area contributed by atoms with Gasteiger partial charge in [0.15, 0.2) is 0 Å². The molecular weight excluding hydrogens is 260 g/mol. The Morgan fingerprint density at radius 1 is 1.35 bits per heavy atom. The van der Waals surface area contributed by atoms with Crippen molar-refractivity contribution in [2.24, 2.45) is 0 Å². The van der Waals surface area contributed by atoms with Gasteiger partial charge in [0.1, 0.15) is 5.75 Å². The number of carboxylic acids is 1. The van der Waals surface area contributed by atoms with E-state index in [0.29, 0.717) is 29.2 Å². The number of aryl methyl sites for hydroxylation is 1. The van der Waals surface area contributed by atoms with Crippen molar-refractivity contribution in [3.63, 3.8) is 0 Å². The van der Waals surface area contributed by atoms with Crippen LogP contribution < -0.4 is 4.74 Å². The van der Waals surface area contributed by atoms with Crippen molar-refractivity contribution in [3.05, 3.63) is 35.5 Å². The number of ether oxygens (including phenoxy) is 1. The number of phenols is 1. The molecule has 106 valence electrons. The van der Waals surface area contributed by atoms with E-state index >= 15 is 0 Å². The van der Waals surface area contributed by atoms with Gasteiger partial charge in [-0.3, -0.25) is 4.79 Å². The molecule has 2 N–H and O–H groups in total. The molecule has 2 rings (SSSR count). The summed E-state index contributed by atoms with van der Waals surface area (Å²) in [6.07, 6.45) is 0.481. The molecule has 6 nitrogen and oxygen atoms in total. The van der Waals surface area contributed by atoms with Crippen LogP contribution in [0.15, 0.2) is 24.3 Å². The van der Waals surface area contributed by atoms with Gasteiger partial charge in [-0.2, -0.15) is 5.10 Å². The van der Waals surface area contributed by atoms with E-state index in [1.165, 1.54) is 7.11 Å². The van der Waals surface area contributed by atoms with Crippen LogP contribution in [0.25, 0.3) is 5.69 Å². The number of hydrogen-bond donors (Lipinski definition) is 2. The smallest absolute Gasteiger partial charge is 0.308 e. The van der Waals surface area contributed by atoms with Crippen LogP contribution in [0.4, 0.5) is 0 Å². The van der Waals surface area contributed by atoms with Gasteiger partial charge in [-0.1, -0.05) is 6.92 Å². The summed E-state index contributed by atoms with van der Waals surface area (Å²) in [5, 5.41) is 22.7. The highest BCUT2D eigenvalue weighted by atomic mass is 16.5. The average Bonchev–Trinajstić information content (AvgIpc) is 2.76. The highest BCUT2D eigenvalue weighted by Crippen LogP contribution is 2.27. The molecular formula is C14H16N2O4. The number of hydrogen-bond acceptors (Lipinski definition) is 4. The van der Waals surface area contributed by atoms with Crippen LogP contribution in [0.5, 0.6) is 11.6 Å².